The first-order valence-corrected chi connectivity index (χ1v) is 7.08. The second kappa shape index (κ2) is 5.82. The number of hydrogen-bond donors (Lipinski definition) is 1. The van der Waals surface area contributed by atoms with Crippen LogP contribution in [0.25, 0.3) is 0 Å². The fourth-order valence-corrected chi connectivity index (χ4v) is 3.22. The smallest absolute Gasteiger partial charge is 0.137 e. The molecule has 1 aromatic carbocycles. The van der Waals surface area contributed by atoms with Crippen molar-refractivity contribution in [2.75, 3.05) is 14.2 Å². The van der Waals surface area contributed by atoms with E-state index in [-0.39, 0.29) is 11.9 Å². The molecule has 0 spiro atoms. The Morgan fingerprint density at radius 3 is 2.78 bits per heavy atom. The number of ether oxygens (including phenoxy) is 1. The maximum absolute atomic E-state index is 13.3. The normalized spacial score (nSPS) is 12.4. The van der Waals surface area contributed by atoms with Crippen LogP contribution >= 0.6 is 27.3 Å². The van der Waals surface area contributed by atoms with E-state index in [1.807, 2.05) is 18.5 Å². The maximum atomic E-state index is 13.3. The van der Waals surface area contributed by atoms with E-state index in [0.717, 1.165) is 16.2 Å². The van der Waals surface area contributed by atoms with Crippen LogP contribution in [0.3, 0.4) is 0 Å². The molecule has 0 amide bonds. The number of benzene rings is 1. The van der Waals surface area contributed by atoms with Crippen LogP contribution in [0, 0.1) is 5.82 Å². The molecule has 0 aliphatic heterocycles. The van der Waals surface area contributed by atoms with Gasteiger partial charge in [-0.2, -0.15) is 0 Å². The van der Waals surface area contributed by atoms with E-state index in [1.165, 1.54) is 6.07 Å². The Balaban J connectivity index is 2.42. The molecular formula is C13H13BrFNOS. The number of halogens is 2. The van der Waals surface area contributed by atoms with Gasteiger partial charge in [0.15, 0.2) is 0 Å². The van der Waals surface area contributed by atoms with Gasteiger partial charge in [-0.1, -0.05) is 6.07 Å². The summed E-state index contributed by atoms with van der Waals surface area (Å²) in [5.74, 6) is 0.589. The fraction of sp³-hybridized carbons (Fsp3) is 0.231. The molecule has 1 N–H and O–H groups in total. The Morgan fingerprint density at radius 2 is 2.17 bits per heavy atom. The minimum absolute atomic E-state index is 0.00292. The van der Waals surface area contributed by atoms with Gasteiger partial charge in [0.05, 0.1) is 22.5 Å². The molecule has 2 rings (SSSR count). The minimum atomic E-state index is -0.258. The van der Waals surface area contributed by atoms with Crippen molar-refractivity contribution in [3.05, 3.63) is 50.4 Å². The van der Waals surface area contributed by atoms with Gasteiger partial charge in [0.1, 0.15) is 11.6 Å². The molecule has 96 valence electrons. The zero-order chi connectivity index (χ0) is 13.1. The van der Waals surface area contributed by atoms with Crippen molar-refractivity contribution in [1.82, 2.24) is 5.32 Å². The van der Waals surface area contributed by atoms with Crippen LogP contribution < -0.4 is 10.1 Å². The molecule has 1 atom stereocenters. The zero-order valence-corrected chi connectivity index (χ0v) is 12.4. The maximum Gasteiger partial charge on any atom is 0.137 e. The van der Waals surface area contributed by atoms with Gasteiger partial charge in [0, 0.05) is 0 Å². The van der Waals surface area contributed by atoms with Gasteiger partial charge in [-0.05, 0) is 52.1 Å². The topological polar surface area (TPSA) is 21.3 Å². The van der Waals surface area contributed by atoms with Crippen LogP contribution in [0.5, 0.6) is 5.75 Å². The highest BCUT2D eigenvalue weighted by Gasteiger charge is 2.18. The predicted molar refractivity (Wildman–Crippen MR) is 75.9 cm³/mol. The monoisotopic (exact) mass is 329 g/mol. The second-order valence-electron chi connectivity index (χ2n) is 3.75. The first-order chi connectivity index (χ1) is 8.67. The molecule has 0 fully saturated rings. The lowest BCUT2D eigenvalue weighted by molar-refractivity contribution is 0.408. The molecule has 0 radical (unpaired) electrons. The number of hydrogen-bond acceptors (Lipinski definition) is 3. The Kier molecular flexibility index (Phi) is 4.37. The average Bonchev–Trinajstić information content (AvgIpc) is 2.83. The number of rotatable bonds is 4. The van der Waals surface area contributed by atoms with Crippen LogP contribution in [0.2, 0.25) is 0 Å². The first kappa shape index (κ1) is 13.5. The highest BCUT2D eigenvalue weighted by atomic mass is 79.9. The van der Waals surface area contributed by atoms with E-state index in [4.69, 9.17) is 4.74 Å². The Bertz CT molecular complexity index is 544. The summed E-state index contributed by atoms with van der Waals surface area (Å²) in [4.78, 5) is 1.08. The standard InChI is InChI=1S/C13H13BrFNOS/c1-16-12(13-11(17-2)5-6-18-13)8-3-4-10(15)9(14)7-8/h3-7,12,16H,1-2H3. The predicted octanol–water partition coefficient (Wildman–Crippen LogP) is 3.97. The molecule has 18 heavy (non-hydrogen) atoms. The van der Waals surface area contributed by atoms with Crippen LogP contribution in [0.1, 0.15) is 16.5 Å². The number of thiophene rings is 1. The molecule has 0 saturated carbocycles. The molecule has 5 heteroatoms. The van der Waals surface area contributed by atoms with Gasteiger partial charge in [-0.3, -0.25) is 0 Å². The third kappa shape index (κ3) is 2.58. The Morgan fingerprint density at radius 1 is 1.39 bits per heavy atom. The minimum Gasteiger partial charge on any atom is -0.496 e. The molecule has 0 aliphatic rings. The van der Waals surface area contributed by atoms with Gasteiger partial charge in [0.2, 0.25) is 0 Å². The van der Waals surface area contributed by atoms with Gasteiger partial charge in [-0.25, -0.2) is 4.39 Å². The molecule has 2 nitrogen and oxygen atoms in total. The molecule has 1 heterocycles. The molecule has 1 unspecified atom stereocenters. The van der Waals surface area contributed by atoms with E-state index in [1.54, 1.807) is 30.6 Å². The molecule has 0 saturated heterocycles. The molecule has 1 aromatic heterocycles. The summed E-state index contributed by atoms with van der Waals surface area (Å²) in [6, 6.07) is 6.96. The van der Waals surface area contributed by atoms with Crippen molar-refractivity contribution < 1.29 is 9.13 Å². The van der Waals surface area contributed by atoms with Crippen LogP contribution in [-0.4, -0.2) is 14.2 Å². The van der Waals surface area contributed by atoms with Gasteiger partial charge in [-0.15, -0.1) is 11.3 Å². The van der Waals surface area contributed by atoms with Crippen LogP contribution in [0.4, 0.5) is 4.39 Å². The molecule has 0 bridgehead atoms. The third-order valence-corrected chi connectivity index (χ3v) is 4.28. The van der Waals surface area contributed by atoms with Crippen LogP contribution in [-0.2, 0) is 0 Å². The van der Waals surface area contributed by atoms with Crippen molar-refractivity contribution in [2.45, 2.75) is 6.04 Å². The van der Waals surface area contributed by atoms with Crippen molar-refractivity contribution in [1.29, 1.82) is 0 Å². The van der Waals surface area contributed by atoms with Gasteiger partial charge < -0.3 is 10.1 Å². The highest BCUT2D eigenvalue weighted by molar-refractivity contribution is 9.10. The van der Waals surface area contributed by atoms with Crippen molar-refractivity contribution in [2.24, 2.45) is 0 Å². The summed E-state index contributed by atoms with van der Waals surface area (Å²) in [6.45, 7) is 0. The van der Waals surface area contributed by atoms with E-state index >= 15 is 0 Å². The largest absolute Gasteiger partial charge is 0.496 e. The summed E-state index contributed by atoms with van der Waals surface area (Å²) in [6.07, 6.45) is 0. The quantitative estimate of drug-likeness (QED) is 0.916. The average molecular weight is 330 g/mol. The van der Waals surface area contributed by atoms with E-state index in [9.17, 15) is 4.39 Å². The summed E-state index contributed by atoms with van der Waals surface area (Å²) in [7, 11) is 3.53. The fourth-order valence-electron chi connectivity index (χ4n) is 1.83. The third-order valence-electron chi connectivity index (χ3n) is 2.71. The lowest BCUT2D eigenvalue weighted by Crippen LogP contribution is -2.17. The summed E-state index contributed by atoms with van der Waals surface area (Å²) in [5.41, 5.74) is 0.992. The summed E-state index contributed by atoms with van der Waals surface area (Å²) in [5, 5.41) is 5.21. The van der Waals surface area contributed by atoms with Crippen molar-refractivity contribution in [3.63, 3.8) is 0 Å². The lowest BCUT2D eigenvalue weighted by Gasteiger charge is -2.17. The first-order valence-electron chi connectivity index (χ1n) is 5.41. The second-order valence-corrected chi connectivity index (χ2v) is 5.55. The van der Waals surface area contributed by atoms with Crippen molar-refractivity contribution in [3.8, 4) is 5.75 Å². The Labute approximate surface area is 118 Å². The van der Waals surface area contributed by atoms with Gasteiger partial charge in [0.25, 0.3) is 0 Å². The Hall–Kier alpha value is -0.910. The lowest BCUT2D eigenvalue weighted by atomic mass is 10.1. The molecule has 0 aliphatic carbocycles. The number of nitrogens with one attached hydrogen (secondary N) is 1. The van der Waals surface area contributed by atoms with Crippen molar-refractivity contribution >= 4 is 27.3 Å². The van der Waals surface area contributed by atoms with E-state index < -0.39 is 0 Å². The van der Waals surface area contributed by atoms with E-state index in [2.05, 4.69) is 21.2 Å². The summed E-state index contributed by atoms with van der Waals surface area (Å²) < 4.78 is 19.1. The molecular weight excluding hydrogens is 317 g/mol. The van der Waals surface area contributed by atoms with Gasteiger partial charge >= 0.3 is 0 Å². The summed E-state index contributed by atoms with van der Waals surface area (Å²) >= 11 is 4.83. The SMILES string of the molecule is CNC(c1ccc(F)c(Br)c1)c1sccc1OC. The van der Waals surface area contributed by atoms with Crippen LogP contribution in [0.15, 0.2) is 34.1 Å². The number of methoxy groups -OCH3 is 1. The zero-order valence-electron chi connectivity index (χ0n) is 10.0. The highest BCUT2D eigenvalue weighted by Crippen LogP contribution is 2.35. The molecule has 2 aromatic rings. The van der Waals surface area contributed by atoms with E-state index in [0.29, 0.717) is 4.47 Å².